The molecule has 0 atom stereocenters. The minimum atomic E-state index is -0.573. The Hall–Kier alpha value is -3.23. The molecule has 0 radical (unpaired) electrons. The summed E-state index contributed by atoms with van der Waals surface area (Å²) in [5.41, 5.74) is 3.02. The average molecular weight is 360 g/mol. The molecule has 0 fully saturated rings. The Balaban J connectivity index is 1.91. The number of carbonyl (C=O) groups excluding carboxylic acids is 2. The van der Waals surface area contributed by atoms with Gasteiger partial charge in [0.2, 0.25) is 0 Å². The number of esters is 1. The molecule has 2 rings (SSSR count). The van der Waals surface area contributed by atoms with Crippen LogP contribution in [-0.4, -0.2) is 33.2 Å². The number of anilines is 1. The Morgan fingerprint density at radius 3 is 2.58 bits per heavy atom. The van der Waals surface area contributed by atoms with Gasteiger partial charge < -0.3 is 10.1 Å². The molecule has 1 aromatic carbocycles. The maximum Gasteiger partial charge on any atom is 0.310 e. The fourth-order valence-corrected chi connectivity index (χ4v) is 2.50. The molecule has 0 aliphatic rings. The Labute approximate surface area is 150 Å². The van der Waals surface area contributed by atoms with Gasteiger partial charge in [0.15, 0.2) is 6.61 Å². The fraction of sp³-hybridized carbons (Fsp3) is 0.353. The maximum absolute atomic E-state index is 11.9. The van der Waals surface area contributed by atoms with Gasteiger partial charge >= 0.3 is 5.97 Å². The first kappa shape index (κ1) is 19.1. The third-order valence-corrected chi connectivity index (χ3v) is 4.03. The van der Waals surface area contributed by atoms with E-state index in [1.165, 1.54) is 12.1 Å². The van der Waals surface area contributed by atoms with Gasteiger partial charge in [-0.2, -0.15) is 5.10 Å². The second-order valence-electron chi connectivity index (χ2n) is 5.92. The summed E-state index contributed by atoms with van der Waals surface area (Å²) < 4.78 is 6.65. The Kier molecular flexibility index (Phi) is 5.71. The van der Waals surface area contributed by atoms with Crippen molar-refractivity contribution in [3.63, 3.8) is 0 Å². The predicted molar refractivity (Wildman–Crippen MR) is 93.8 cm³/mol. The van der Waals surface area contributed by atoms with Gasteiger partial charge in [-0.15, -0.1) is 0 Å². The summed E-state index contributed by atoms with van der Waals surface area (Å²) in [6.45, 7) is 4.78. The fourth-order valence-electron chi connectivity index (χ4n) is 2.50. The highest BCUT2D eigenvalue weighted by atomic mass is 16.6. The van der Waals surface area contributed by atoms with Crippen molar-refractivity contribution in [2.45, 2.75) is 27.2 Å². The average Bonchev–Trinajstić information content (AvgIpc) is 2.81. The monoisotopic (exact) mass is 360 g/mol. The molecule has 1 aromatic heterocycles. The van der Waals surface area contributed by atoms with E-state index in [0.29, 0.717) is 5.56 Å². The molecular weight excluding hydrogens is 340 g/mol. The molecule has 0 bridgehead atoms. The zero-order chi connectivity index (χ0) is 19.4. The molecule has 0 spiro atoms. The highest BCUT2D eigenvalue weighted by Gasteiger charge is 2.16. The molecule has 9 heteroatoms. The van der Waals surface area contributed by atoms with Crippen molar-refractivity contribution >= 4 is 23.3 Å². The predicted octanol–water partition coefficient (Wildman–Crippen LogP) is 1.98. The van der Waals surface area contributed by atoms with Gasteiger partial charge in [-0.1, -0.05) is 6.07 Å². The third kappa shape index (κ3) is 4.44. The highest BCUT2D eigenvalue weighted by Crippen LogP contribution is 2.22. The van der Waals surface area contributed by atoms with Crippen LogP contribution in [0, 0.1) is 30.9 Å². The second kappa shape index (κ2) is 7.77. The molecule has 1 heterocycles. The van der Waals surface area contributed by atoms with Crippen LogP contribution in [-0.2, 0) is 27.8 Å². The summed E-state index contributed by atoms with van der Waals surface area (Å²) >= 11 is 0. The van der Waals surface area contributed by atoms with Crippen molar-refractivity contribution in [2.24, 2.45) is 7.05 Å². The molecule has 0 saturated heterocycles. The topological polar surface area (TPSA) is 116 Å². The SMILES string of the molecule is Cc1ccc(NC(=O)COC(=O)Cc2c(C)nn(C)c2C)cc1[N+](=O)[O-]. The molecule has 2 aromatic rings. The van der Waals surface area contributed by atoms with E-state index in [2.05, 4.69) is 10.4 Å². The van der Waals surface area contributed by atoms with Crippen LogP contribution in [0.2, 0.25) is 0 Å². The van der Waals surface area contributed by atoms with E-state index in [-0.39, 0.29) is 17.8 Å². The van der Waals surface area contributed by atoms with Crippen LogP contribution < -0.4 is 5.32 Å². The van der Waals surface area contributed by atoms with Crippen molar-refractivity contribution in [1.29, 1.82) is 0 Å². The van der Waals surface area contributed by atoms with Crippen LogP contribution in [0.5, 0.6) is 0 Å². The number of rotatable bonds is 6. The lowest BCUT2D eigenvalue weighted by atomic mass is 10.1. The van der Waals surface area contributed by atoms with Crippen molar-refractivity contribution in [1.82, 2.24) is 9.78 Å². The number of nitrogens with one attached hydrogen (secondary N) is 1. The van der Waals surface area contributed by atoms with E-state index in [4.69, 9.17) is 4.74 Å². The van der Waals surface area contributed by atoms with Crippen LogP contribution in [0.1, 0.15) is 22.5 Å². The largest absolute Gasteiger partial charge is 0.455 e. The van der Waals surface area contributed by atoms with Gasteiger partial charge in [-0.3, -0.25) is 24.4 Å². The first-order valence-electron chi connectivity index (χ1n) is 7.88. The number of nitrogens with zero attached hydrogens (tertiary/aromatic N) is 3. The van der Waals surface area contributed by atoms with Gasteiger partial charge in [0.1, 0.15) is 0 Å². The zero-order valence-electron chi connectivity index (χ0n) is 15.0. The van der Waals surface area contributed by atoms with Crippen LogP contribution in [0.25, 0.3) is 0 Å². The number of aromatic nitrogens is 2. The van der Waals surface area contributed by atoms with E-state index in [1.54, 1.807) is 31.6 Å². The highest BCUT2D eigenvalue weighted by molar-refractivity contribution is 5.93. The number of carbonyl (C=O) groups is 2. The molecule has 26 heavy (non-hydrogen) atoms. The first-order chi connectivity index (χ1) is 12.2. The van der Waals surface area contributed by atoms with Crippen LogP contribution >= 0.6 is 0 Å². The van der Waals surface area contributed by atoms with Crippen molar-refractivity contribution in [3.8, 4) is 0 Å². The van der Waals surface area contributed by atoms with Gasteiger partial charge in [0.25, 0.3) is 11.6 Å². The number of hydrogen-bond acceptors (Lipinski definition) is 6. The van der Waals surface area contributed by atoms with Gasteiger partial charge in [-0.05, 0) is 26.8 Å². The number of nitro groups is 1. The van der Waals surface area contributed by atoms with Crippen LogP contribution in [0.15, 0.2) is 18.2 Å². The molecular formula is C17H20N4O5. The Morgan fingerprint density at radius 2 is 2.00 bits per heavy atom. The van der Waals surface area contributed by atoms with Crippen molar-refractivity contribution in [3.05, 3.63) is 50.8 Å². The summed E-state index contributed by atoms with van der Waals surface area (Å²) in [6, 6.07) is 4.34. The number of aryl methyl sites for hydroxylation is 3. The summed E-state index contributed by atoms with van der Waals surface area (Å²) in [6.07, 6.45) is 0.0226. The van der Waals surface area contributed by atoms with Crippen LogP contribution in [0.4, 0.5) is 11.4 Å². The number of ether oxygens (including phenoxy) is 1. The normalized spacial score (nSPS) is 10.5. The maximum atomic E-state index is 11.9. The smallest absolute Gasteiger partial charge is 0.310 e. The van der Waals surface area contributed by atoms with Gasteiger partial charge in [0, 0.05) is 35.6 Å². The number of benzene rings is 1. The molecule has 0 saturated carbocycles. The number of nitro benzene ring substituents is 1. The Bertz CT molecular complexity index is 872. The molecule has 138 valence electrons. The summed E-state index contributed by atoms with van der Waals surface area (Å²) in [5, 5.41) is 17.6. The Morgan fingerprint density at radius 1 is 1.31 bits per heavy atom. The summed E-state index contributed by atoms with van der Waals surface area (Å²) in [5.74, 6) is -1.12. The van der Waals surface area contributed by atoms with Crippen molar-refractivity contribution < 1.29 is 19.2 Å². The van der Waals surface area contributed by atoms with E-state index in [9.17, 15) is 19.7 Å². The lowest BCUT2D eigenvalue weighted by Gasteiger charge is -2.07. The molecule has 1 amide bonds. The summed E-state index contributed by atoms with van der Waals surface area (Å²) in [7, 11) is 1.78. The third-order valence-electron chi connectivity index (χ3n) is 4.03. The van der Waals surface area contributed by atoms with E-state index < -0.39 is 23.4 Å². The molecule has 0 aliphatic heterocycles. The number of amides is 1. The summed E-state index contributed by atoms with van der Waals surface area (Å²) in [4.78, 5) is 34.2. The quantitative estimate of drug-likeness (QED) is 0.478. The molecule has 9 nitrogen and oxygen atoms in total. The van der Waals surface area contributed by atoms with Gasteiger partial charge in [0.05, 0.1) is 17.0 Å². The minimum absolute atomic E-state index is 0.0226. The molecule has 1 N–H and O–H groups in total. The second-order valence-corrected chi connectivity index (χ2v) is 5.92. The van der Waals surface area contributed by atoms with E-state index >= 15 is 0 Å². The molecule has 0 aliphatic carbocycles. The van der Waals surface area contributed by atoms with Crippen LogP contribution in [0.3, 0.4) is 0 Å². The number of hydrogen-bond donors (Lipinski definition) is 1. The minimum Gasteiger partial charge on any atom is -0.455 e. The lowest BCUT2D eigenvalue weighted by molar-refractivity contribution is -0.385. The van der Waals surface area contributed by atoms with Crippen molar-refractivity contribution in [2.75, 3.05) is 11.9 Å². The zero-order valence-corrected chi connectivity index (χ0v) is 15.0. The first-order valence-corrected chi connectivity index (χ1v) is 7.88. The lowest BCUT2D eigenvalue weighted by Crippen LogP contribution is -2.22. The standard InChI is InChI=1S/C17H20N4O5/c1-10-5-6-13(7-15(10)21(24)25)18-16(22)9-26-17(23)8-14-11(2)19-20(4)12(14)3/h5-7H,8-9H2,1-4H3,(H,18,22). The van der Waals surface area contributed by atoms with E-state index in [0.717, 1.165) is 17.0 Å². The van der Waals surface area contributed by atoms with E-state index in [1.807, 2.05) is 6.92 Å². The van der Waals surface area contributed by atoms with Gasteiger partial charge in [-0.25, -0.2) is 0 Å². The molecule has 0 unspecified atom stereocenters.